The van der Waals surface area contributed by atoms with Gasteiger partial charge in [0, 0.05) is 77.6 Å². The Morgan fingerprint density at radius 1 is 0.174 bits per heavy atom. The van der Waals surface area contributed by atoms with E-state index < -0.39 is 0 Å². The van der Waals surface area contributed by atoms with E-state index in [4.69, 9.17) is 0 Å². The van der Waals surface area contributed by atoms with E-state index in [0.29, 0.717) is 0 Å². The molecule has 430 valence electrons. The Balaban J connectivity index is 0.819. The molecule has 0 spiro atoms. The van der Waals surface area contributed by atoms with E-state index in [2.05, 4.69) is 371 Å². The Bertz CT molecular complexity index is 5780. The second kappa shape index (κ2) is 21.8. The summed E-state index contributed by atoms with van der Waals surface area (Å²) in [5.74, 6) is 0. The van der Waals surface area contributed by atoms with Crippen LogP contribution >= 0.6 is 0 Å². The number of rotatable bonds is 11. The van der Waals surface area contributed by atoms with E-state index in [1.54, 1.807) is 0 Å². The molecule has 18 rings (SSSR count). The van der Waals surface area contributed by atoms with Crippen LogP contribution in [0.2, 0.25) is 0 Å². The van der Waals surface area contributed by atoms with Gasteiger partial charge < -0.3 is 18.9 Å². The van der Waals surface area contributed by atoms with Crippen molar-refractivity contribution in [3.05, 3.63) is 352 Å². The van der Waals surface area contributed by atoms with Gasteiger partial charge in [-0.05, 0) is 152 Å². The molecule has 0 saturated carbocycles. The molecular weight excluding hydrogens is 1110 g/mol. The quantitative estimate of drug-likeness (QED) is 0.120. The number of hydrogen-bond donors (Lipinski definition) is 0. The third kappa shape index (κ3) is 8.53. The van der Waals surface area contributed by atoms with Gasteiger partial charge in [0.05, 0.1) is 33.4 Å². The average molecular weight is 1170 g/mol. The largest absolute Gasteiger partial charge is 0.309 e. The summed E-state index contributed by atoms with van der Waals surface area (Å²) >= 11 is 0. The van der Waals surface area contributed by atoms with Gasteiger partial charge in [-0.2, -0.15) is 0 Å². The first-order valence-electron chi connectivity index (χ1n) is 31.7. The molecule has 0 fully saturated rings. The smallest absolute Gasteiger partial charge is 0.0624 e. The molecule has 2 aromatic heterocycles. The molecule has 0 aliphatic carbocycles. The lowest BCUT2D eigenvalue weighted by molar-refractivity contribution is 1.17. The maximum atomic E-state index is 2.49. The number of hydrogen-bond acceptors (Lipinski definition) is 2. The van der Waals surface area contributed by atoms with Crippen LogP contribution in [0, 0.1) is 0 Å². The zero-order valence-electron chi connectivity index (χ0n) is 50.3. The molecule has 16 aromatic carbocycles. The molecule has 0 amide bonds. The normalized spacial score (nSPS) is 11.7. The van der Waals surface area contributed by atoms with Gasteiger partial charge >= 0.3 is 0 Å². The van der Waals surface area contributed by atoms with E-state index in [9.17, 15) is 0 Å². The molecular formula is C88H58N4. The Morgan fingerprint density at radius 2 is 0.500 bits per heavy atom. The van der Waals surface area contributed by atoms with Crippen LogP contribution in [0.15, 0.2) is 352 Å². The van der Waals surface area contributed by atoms with Crippen molar-refractivity contribution in [3.63, 3.8) is 0 Å². The summed E-state index contributed by atoms with van der Waals surface area (Å²) in [6.45, 7) is 0. The van der Waals surface area contributed by atoms with E-state index in [1.165, 1.54) is 92.3 Å². The first-order chi connectivity index (χ1) is 45.7. The highest BCUT2D eigenvalue weighted by Gasteiger charge is 2.27. The van der Waals surface area contributed by atoms with Gasteiger partial charge in [-0.1, -0.05) is 255 Å². The topological polar surface area (TPSA) is 16.3 Å². The van der Waals surface area contributed by atoms with Crippen molar-refractivity contribution in [2.24, 2.45) is 0 Å². The summed E-state index contributed by atoms with van der Waals surface area (Å²) in [7, 11) is 0. The molecule has 2 heterocycles. The van der Waals surface area contributed by atoms with Crippen LogP contribution in [0.1, 0.15) is 0 Å². The number of benzene rings is 16. The predicted octanol–water partition coefficient (Wildman–Crippen LogP) is 24.4. The maximum Gasteiger partial charge on any atom is 0.0624 e. The molecule has 0 bridgehead atoms. The zero-order valence-corrected chi connectivity index (χ0v) is 50.3. The lowest BCUT2D eigenvalue weighted by Crippen LogP contribution is -2.13. The molecule has 0 N–H and O–H groups in total. The van der Waals surface area contributed by atoms with Crippen LogP contribution in [-0.2, 0) is 0 Å². The summed E-state index contributed by atoms with van der Waals surface area (Å²) in [5.41, 5.74) is 20.3. The summed E-state index contributed by atoms with van der Waals surface area (Å²) in [5, 5.41) is 14.5. The van der Waals surface area contributed by atoms with Crippen molar-refractivity contribution in [2.45, 2.75) is 0 Å². The van der Waals surface area contributed by atoms with Crippen molar-refractivity contribution >= 4 is 121 Å². The Labute approximate surface area is 533 Å². The molecule has 4 heteroatoms. The second-order valence-corrected chi connectivity index (χ2v) is 23.9. The molecule has 0 atom stereocenters. The van der Waals surface area contributed by atoms with Gasteiger partial charge in [-0.15, -0.1) is 0 Å². The van der Waals surface area contributed by atoms with Crippen molar-refractivity contribution in [2.75, 3.05) is 9.80 Å². The maximum absolute atomic E-state index is 2.49. The van der Waals surface area contributed by atoms with Gasteiger partial charge in [0.15, 0.2) is 0 Å². The van der Waals surface area contributed by atoms with Gasteiger partial charge in [-0.25, -0.2) is 0 Å². The molecule has 4 nitrogen and oxygen atoms in total. The van der Waals surface area contributed by atoms with Gasteiger partial charge in [-0.3, -0.25) is 0 Å². The third-order valence-electron chi connectivity index (χ3n) is 18.8. The number of anilines is 6. The molecule has 0 unspecified atom stereocenters. The monoisotopic (exact) mass is 1170 g/mol. The highest BCUT2D eigenvalue weighted by Crippen LogP contribution is 2.53. The molecule has 0 aliphatic heterocycles. The van der Waals surface area contributed by atoms with E-state index in [0.717, 1.165) is 73.3 Å². The van der Waals surface area contributed by atoms with Gasteiger partial charge in [0.1, 0.15) is 0 Å². The highest BCUT2D eigenvalue weighted by molar-refractivity contribution is 6.24. The SMILES string of the molecule is c1ccc(-c2c(N(c3ccc(-c4cccc(-c5c(N(c6ccccc6)c6cccc(-n7c8ccccc8c8ccccc87)c6)c6ccccc6c6ccccc56)c4)cc3)c3ccc(-n4c5ccccc5c5ccccc54)cc3)c3ccccc3c3ccccc23)cc1. The summed E-state index contributed by atoms with van der Waals surface area (Å²) < 4.78 is 4.82. The van der Waals surface area contributed by atoms with Crippen molar-refractivity contribution in [1.29, 1.82) is 0 Å². The number of nitrogens with zero attached hydrogens (tertiary/aromatic N) is 4. The first-order valence-corrected chi connectivity index (χ1v) is 31.7. The van der Waals surface area contributed by atoms with Crippen LogP contribution in [0.4, 0.5) is 34.1 Å². The summed E-state index contributed by atoms with van der Waals surface area (Å²) in [4.78, 5) is 4.99. The molecule has 18 aromatic rings. The molecule has 0 aliphatic rings. The van der Waals surface area contributed by atoms with E-state index in [1.807, 2.05) is 0 Å². The van der Waals surface area contributed by atoms with Crippen molar-refractivity contribution in [1.82, 2.24) is 9.13 Å². The lowest BCUT2D eigenvalue weighted by atomic mass is 9.88. The van der Waals surface area contributed by atoms with E-state index in [-0.39, 0.29) is 0 Å². The minimum atomic E-state index is 1.05. The molecule has 0 saturated heterocycles. The fourth-order valence-electron chi connectivity index (χ4n) is 14.9. The lowest BCUT2D eigenvalue weighted by Gasteiger charge is -2.31. The average Bonchev–Trinajstić information content (AvgIpc) is 1.05. The predicted molar refractivity (Wildman–Crippen MR) is 391 cm³/mol. The number of aromatic nitrogens is 2. The van der Waals surface area contributed by atoms with Crippen LogP contribution in [-0.4, -0.2) is 9.13 Å². The number of para-hydroxylation sites is 5. The Kier molecular flexibility index (Phi) is 12.5. The van der Waals surface area contributed by atoms with E-state index >= 15 is 0 Å². The third-order valence-corrected chi connectivity index (χ3v) is 18.8. The van der Waals surface area contributed by atoms with Crippen LogP contribution in [0.25, 0.3) is 131 Å². The highest BCUT2D eigenvalue weighted by atomic mass is 15.2. The Hall–Kier alpha value is -12.2. The van der Waals surface area contributed by atoms with Gasteiger partial charge in [0.2, 0.25) is 0 Å². The Morgan fingerprint density at radius 3 is 1.00 bits per heavy atom. The zero-order chi connectivity index (χ0) is 60.6. The molecule has 0 radical (unpaired) electrons. The van der Waals surface area contributed by atoms with Crippen molar-refractivity contribution in [3.8, 4) is 44.8 Å². The minimum absolute atomic E-state index is 1.05. The summed E-state index contributed by atoms with van der Waals surface area (Å²) in [6.07, 6.45) is 0. The minimum Gasteiger partial charge on any atom is -0.309 e. The number of fused-ring (bicyclic) bond motifs is 12. The van der Waals surface area contributed by atoms with Crippen molar-refractivity contribution < 1.29 is 0 Å². The van der Waals surface area contributed by atoms with Crippen LogP contribution < -0.4 is 9.80 Å². The fourth-order valence-corrected chi connectivity index (χ4v) is 14.9. The van der Waals surface area contributed by atoms with Crippen LogP contribution in [0.3, 0.4) is 0 Å². The fraction of sp³-hybridized carbons (Fsp3) is 0. The standard InChI is InChI=1S/C88H58N4/c1-3-25-60(26-4-1)85-77-41-11-7-33-69(77)71-35-9-13-43-79(71)87(85)89(65-53-55-66(56-54-65)91-81-45-19-15-37-73(81)74-38-16-20-46-82(74)91)64-51-49-59(50-52-64)61-27-23-28-62(57-61)86-78-42-12-8-34-70(78)72-36-10-14-44-80(72)88(86)90(63-29-5-2-6-30-63)67-31-24-32-68(58-67)92-83-47-21-17-39-75(83)76-40-18-22-48-84(76)92/h1-58H. The molecule has 92 heavy (non-hydrogen) atoms. The van der Waals surface area contributed by atoms with Gasteiger partial charge in [0.25, 0.3) is 0 Å². The van der Waals surface area contributed by atoms with Crippen LogP contribution in [0.5, 0.6) is 0 Å². The second-order valence-electron chi connectivity index (χ2n) is 23.9. The summed E-state index contributed by atoms with van der Waals surface area (Å²) in [6, 6.07) is 129. The first kappa shape index (κ1) is 52.8.